The Labute approximate surface area is 133 Å². The number of hydrogen-bond acceptors (Lipinski definition) is 4. The maximum absolute atomic E-state index is 11.2. The molecule has 1 atom stereocenters. The van der Waals surface area contributed by atoms with Gasteiger partial charge in [0.2, 0.25) is 0 Å². The zero-order valence-electron chi connectivity index (χ0n) is 14.1. The quantitative estimate of drug-likeness (QED) is 0.720. The normalized spacial score (nSPS) is 12.2. The third kappa shape index (κ3) is 5.93. The van der Waals surface area contributed by atoms with Gasteiger partial charge >= 0.3 is 5.97 Å². The first-order valence-corrected chi connectivity index (χ1v) is 7.80. The molecule has 0 aliphatic heterocycles. The summed E-state index contributed by atoms with van der Waals surface area (Å²) in [5.41, 5.74) is 0.969. The number of ether oxygens (including phenoxy) is 1. The van der Waals surface area contributed by atoms with Crippen molar-refractivity contribution in [2.24, 2.45) is 5.92 Å². The van der Waals surface area contributed by atoms with Crippen LogP contribution in [0.3, 0.4) is 0 Å². The third-order valence-corrected chi connectivity index (χ3v) is 3.45. The number of carbonyl (C=O) groups is 1. The average Bonchev–Trinajstić information content (AvgIpc) is 2.46. The molecule has 1 unspecified atom stereocenters. The minimum Gasteiger partial charge on any atom is -0.492 e. The van der Waals surface area contributed by atoms with Crippen molar-refractivity contribution in [3.63, 3.8) is 0 Å². The van der Waals surface area contributed by atoms with Crippen molar-refractivity contribution >= 4 is 11.7 Å². The van der Waals surface area contributed by atoms with E-state index in [0.29, 0.717) is 13.2 Å². The molecule has 0 heterocycles. The van der Waals surface area contributed by atoms with Gasteiger partial charge in [0, 0.05) is 13.1 Å². The third-order valence-electron chi connectivity index (χ3n) is 3.45. The number of hydrogen-bond donors (Lipinski definition) is 1. The van der Waals surface area contributed by atoms with Crippen LogP contribution < -0.4 is 9.64 Å². The van der Waals surface area contributed by atoms with Crippen molar-refractivity contribution in [2.75, 3.05) is 45.2 Å². The predicted molar refractivity (Wildman–Crippen MR) is 89.8 cm³/mol. The van der Waals surface area contributed by atoms with Crippen LogP contribution in [0.15, 0.2) is 24.3 Å². The lowest BCUT2D eigenvalue weighted by atomic mass is 10.1. The molecule has 0 spiro atoms. The number of anilines is 1. The first-order chi connectivity index (χ1) is 10.5. The summed E-state index contributed by atoms with van der Waals surface area (Å²) in [7, 11) is 4.08. The number of para-hydroxylation sites is 2. The number of benzene rings is 1. The van der Waals surface area contributed by atoms with E-state index < -0.39 is 11.9 Å². The van der Waals surface area contributed by atoms with E-state index in [0.717, 1.165) is 30.9 Å². The number of nitrogens with zero attached hydrogens (tertiary/aromatic N) is 2. The van der Waals surface area contributed by atoms with Gasteiger partial charge in [0.1, 0.15) is 5.75 Å². The fourth-order valence-corrected chi connectivity index (χ4v) is 2.29. The maximum atomic E-state index is 11.2. The molecule has 0 saturated heterocycles. The molecule has 5 nitrogen and oxygen atoms in total. The smallest absolute Gasteiger partial charge is 0.308 e. The fourth-order valence-electron chi connectivity index (χ4n) is 2.29. The highest BCUT2D eigenvalue weighted by Crippen LogP contribution is 2.29. The van der Waals surface area contributed by atoms with E-state index in [-0.39, 0.29) is 0 Å². The molecule has 0 fully saturated rings. The van der Waals surface area contributed by atoms with Gasteiger partial charge in [-0.3, -0.25) is 4.79 Å². The topological polar surface area (TPSA) is 53.0 Å². The molecule has 0 bridgehead atoms. The summed E-state index contributed by atoms with van der Waals surface area (Å²) < 4.78 is 5.69. The Morgan fingerprint density at radius 1 is 1.27 bits per heavy atom. The Kier molecular flexibility index (Phi) is 7.74. The number of carboxylic acids is 1. The second kappa shape index (κ2) is 9.30. The lowest BCUT2D eigenvalue weighted by Crippen LogP contribution is -2.34. The van der Waals surface area contributed by atoms with Gasteiger partial charge in [-0.25, -0.2) is 0 Å². The number of carboxylic acid groups (broad SMARTS) is 1. The van der Waals surface area contributed by atoms with Crippen molar-refractivity contribution in [3.8, 4) is 5.75 Å². The SMILES string of the molecule is CCOc1ccccc1N(CCCN(C)C)CC(C)C(=O)O. The van der Waals surface area contributed by atoms with E-state index in [4.69, 9.17) is 4.74 Å². The van der Waals surface area contributed by atoms with Gasteiger partial charge in [-0.2, -0.15) is 0 Å². The van der Waals surface area contributed by atoms with Gasteiger partial charge in [0.15, 0.2) is 0 Å². The molecule has 1 rings (SSSR count). The molecule has 1 N–H and O–H groups in total. The molecule has 0 amide bonds. The lowest BCUT2D eigenvalue weighted by molar-refractivity contribution is -0.140. The van der Waals surface area contributed by atoms with Crippen LogP contribution in [0.25, 0.3) is 0 Å². The Bertz CT molecular complexity index is 463. The highest BCUT2D eigenvalue weighted by molar-refractivity contribution is 5.71. The summed E-state index contributed by atoms with van der Waals surface area (Å²) in [6, 6.07) is 7.83. The molecular formula is C17H28N2O3. The number of aliphatic carboxylic acids is 1. The number of rotatable bonds is 10. The van der Waals surface area contributed by atoms with E-state index in [1.165, 1.54) is 0 Å². The Morgan fingerprint density at radius 2 is 1.95 bits per heavy atom. The van der Waals surface area contributed by atoms with Crippen molar-refractivity contribution in [3.05, 3.63) is 24.3 Å². The molecule has 22 heavy (non-hydrogen) atoms. The van der Waals surface area contributed by atoms with Crippen LogP contribution in [0.4, 0.5) is 5.69 Å². The van der Waals surface area contributed by atoms with Gasteiger partial charge in [0.05, 0.1) is 18.2 Å². The van der Waals surface area contributed by atoms with Gasteiger partial charge in [0.25, 0.3) is 0 Å². The fraction of sp³-hybridized carbons (Fsp3) is 0.588. The molecule has 1 aromatic carbocycles. The molecular weight excluding hydrogens is 280 g/mol. The second-order valence-electron chi connectivity index (χ2n) is 5.74. The zero-order chi connectivity index (χ0) is 16.5. The summed E-state index contributed by atoms with van der Waals surface area (Å²) >= 11 is 0. The van der Waals surface area contributed by atoms with Crippen LogP contribution in [0.2, 0.25) is 0 Å². The Balaban J connectivity index is 2.90. The van der Waals surface area contributed by atoms with Crippen LogP contribution in [0.1, 0.15) is 20.3 Å². The van der Waals surface area contributed by atoms with E-state index in [1.807, 2.05) is 45.3 Å². The summed E-state index contributed by atoms with van der Waals surface area (Å²) in [5.74, 6) is -0.381. The molecule has 0 aromatic heterocycles. The summed E-state index contributed by atoms with van der Waals surface area (Å²) in [5, 5.41) is 9.20. The lowest BCUT2D eigenvalue weighted by Gasteiger charge is -2.28. The van der Waals surface area contributed by atoms with Crippen LogP contribution in [0, 0.1) is 5.92 Å². The summed E-state index contributed by atoms with van der Waals surface area (Å²) in [4.78, 5) is 15.4. The van der Waals surface area contributed by atoms with E-state index in [2.05, 4.69) is 9.80 Å². The summed E-state index contributed by atoms with van der Waals surface area (Å²) in [6.45, 7) is 6.54. The van der Waals surface area contributed by atoms with Crippen LogP contribution in [-0.2, 0) is 4.79 Å². The Hall–Kier alpha value is -1.75. The Morgan fingerprint density at radius 3 is 2.55 bits per heavy atom. The van der Waals surface area contributed by atoms with Crippen LogP contribution in [0.5, 0.6) is 5.75 Å². The second-order valence-corrected chi connectivity index (χ2v) is 5.74. The van der Waals surface area contributed by atoms with Crippen molar-refractivity contribution in [1.29, 1.82) is 0 Å². The van der Waals surface area contributed by atoms with Gasteiger partial charge in [-0.15, -0.1) is 0 Å². The van der Waals surface area contributed by atoms with Crippen molar-refractivity contribution in [1.82, 2.24) is 4.90 Å². The molecule has 0 aliphatic carbocycles. The highest BCUT2D eigenvalue weighted by Gasteiger charge is 2.19. The van der Waals surface area contributed by atoms with Crippen molar-refractivity contribution in [2.45, 2.75) is 20.3 Å². The minimum atomic E-state index is -0.772. The van der Waals surface area contributed by atoms with E-state index >= 15 is 0 Å². The monoisotopic (exact) mass is 308 g/mol. The first kappa shape index (κ1) is 18.3. The molecule has 124 valence electrons. The van der Waals surface area contributed by atoms with Crippen LogP contribution >= 0.6 is 0 Å². The molecule has 1 aromatic rings. The minimum absolute atomic E-state index is 0.422. The van der Waals surface area contributed by atoms with Crippen molar-refractivity contribution < 1.29 is 14.6 Å². The van der Waals surface area contributed by atoms with Gasteiger partial charge in [-0.1, -0.05) is 19.1 Å². The van der Waals surface area contributed by atoms with Gasteiger partial charge < -0.3 is 19.6 Å². The molecule has 5 heteroatoms. The van der Waals surface area contributed by atoms with E-state index in [9.17, 15) is 9.90 Å². The largest absolute Gasteiger partial charge is 0.492 e. The predicted octanol–water partition coefficient (Wildman–Crippen LogP) is 2.56. The van der Waals surface area contributed by atoms with Gasteiger partial charge in [-0.05, 0) is 46.1 Å². The average molecular weight is 308 g/mol. The maximum Gasteiger partial charge on any atom is 0.308 e. The van der Waals surface area contributed by atoms with Crippen LogP contribution in [-0.4, -0.2) is 56.3 Å². The first-order valence-electron chi connectivity index (χ1n) is 7.80. The van der Waals surface area contributed by atoms with E-state index in [1.54, 1.807) is 6.92 Å². The summed E-state index contributed by atoms with van der Waals surface area (Å²) in [6.07, 6.45) is 0.972. The molecule has 0 radical (unpaired) electrons. The highest BCUT2D eigenvalue weighted by atomic mass is 16.5. The molecule has 0 aliphatic rings. The standard InChI is InChI=1S/C17H28N2O3/c1-5-22-16-10-7-6-9-15(16)19(12-8-11-18(3)4)13-14(2)17(20)21/h6-7,9-10,14H,5,8,11-13H2,1-4H3,(H,20,21). The molecule has 0 saturated carbocycles. The zero-order valence-corrected chi connectivity index (χ0v) is 14.1.